The van der Waals surface area contributed by atoms with E-state index in [2.05, 4.69) is 14.9 Å². The van der Waals surface area contributed by atoms with Gasteiger partial charge in [-0.25, -0.2) is 4.79 Å². The molecule has 1 aliphatic rings. The summed E-state index contributed by atoms with van der Waals surface area (Å²) in [5.41, 5.74) is -0.173. The van der Waals surface area contributed by atoms with Crippen molar-refractivity contribution in [1.82, 2.24) is 0 Å². The fourth-order valence-corrected chi connectivity index (χ4v) is 2.69. The van der Waals surface area contributed by atoms with Crippen molar-refractivity contribution in [2.75, 3.05) is 7.11 Å². The van der Waals surface area contributed by atoms with Gasteiger partial charge in [-0.3, -0.25) is 4.79 Å². The molecule has 0 aliphatic carbocycles. The quantitative estimate of drug-likeness (QED) is 0.795. The van der Waals surface area contributed by atoms with Gasteiger partial charge in [0.15, 0.2) is 5.71 Å². The third kappa shape index (κ3) is 3.37. The molecule has 1 aliphatic heterocycles. The summed E-state index contributed by atoms with van der Waals surface area (Å²) in [6.07, 6.45) is -4.47. The van der Waals surface area contributed by atoms with Gasteiger partial charge in [-0.2, -0.15) is 18.3 Å². The molecule has 2 atom stereocenters. The molecule has 128 valence electrons. The number of methoxy groups -OCH3 is 1. The van der Waals surface area contributed by atoms with E-state index >= 15 is 0 Å². The lowest BCUT2D eigenvalue weighted by atomic mass is 9.77. The Morgan fingerprint density at radius 1 is 1.12 bits per heavy atom. The molecule has 2 rings (SSSR count). The highest BCUT2D eigenvalue weighted by Gasteiger charge is 2.40. The first-order valence-corrected chi connectivity index (χ1v) is 7.04. The zero-order chi connectivity index (χ0) is 18.1. The van der Waals surface area contributed by atoms with Gasteiger partial charge in [0.1, 0.15) is 5.78 Å². The van der Waals surface area contributed by atoms with Crippen LogP contribution >= 0.6 is 0 Å². The minimum Gasteiger partial charge on any atom is -0.464 e. The number of carbonyl (C=O) groups is 2. The molecule has 0 saturated carbocycles. The first-order valence-electron chi connectivity index (χ1n) is 7.04. The molecule has 0 N–H and O–H groups in total. The topological polar surface area (TPSA) is 68.1 Å². The molecule has 0 saturated heterocycles. The average Bonchev–Trinajstić information content (AvgIpc) is 2.52. The van der Waals surface area contributed by atoms with E-state index in [4.69, 9.17) is 0 Å². The second kappa shape index (κ2) is 6.54. The van der Waals surface area contributed by atoms with Crippen LogP contribution in [0, 0.1) is 5.92 Å². The lowest BCUT2D eigenvalue weighted by Gasteiger charge is -2.28. The molecule has 2 unspecified atom stereocenters. The summed E-state index contributed by atoms with van der Waals surface area (Å²) < 4.78 is 42.8. The molecule has 0 fully saturated rings. The van der Waals surface area contributed by atoms with Gasteiger partial charge in [-0.05, 0) is 31.5 Å². The van der Waals surface area contributed by atoms with Crippen LogP contribution in [-0.4, -0.2) is 30.3 Å². The van der Waals surface area contributed by atoms with Crippen LogP contribution in [0.25, 0.3) is 0 Å². The summed E-state index contributed by atoms with van der Waals surface area (Å²) in [4.78, 5) is 23.9. The van der Waals surface area contributed by atoms with Crippen LogP contribution in [0.15, 0.2) is 34.5 Å². The number of esters is 1. The van der Waals surface area contributed by atoms with Crippen LogP contribution in [0.1, 0.15) is 30.9 Å². The van der Waals surface area contributed by atoms with E-state index in [0.29, 0.717) is 11.3 Å². The van der Waals surface area contributed by atoms with Crippen molar-refractivity contribution < 1.29 is 27.5 Å². The van der Waals surface area contributed by atoms with Gasteiger partial charge in [0.05, 0.1) is 24.5 Å². The summed E-state index contributed by atoms with van der Waals surface area (Å²) in [6.45, 7) is 2.92. The molecule has 1 heterocycles. The predicted molar refractivity (Wildman–Crippen MR) is 80.9 cm³/mol. The lowest BCUT2D eigenvalue weighted by Crippen LogP contribution is -2.38. The molecule has 5 nitrogen and oxygen atoms in total. The van der Waals surface area contributed by atoms with Crippen LogP contribution in [-0.2, 0) is 20.5 Å². The Morgan fingerprint density at radius 3 is 2.17 bits per heavy atom. The smallest absolute Gasteiger partial charge is 0.416 e. The molecule has 0 radical (unpaired) electrons. The van der Waals surface area contributed by atoms with Gasteiger partial charge in [0.2, 0.25) is 0 Å². The minimum atomic E-state index is -4.47. The highest BCUT2D eigenvalue weighted by Crippen LogP contribution is 2.35. The van der Waals surface area contributed by atoms with E-state index < -0.39 is 29.5 Å². The van der Waals surface area contributed by atoms with Crippen LogP contribution < -0.4 is 0 Å². The van der Waals surface area contributed by atoms with Gasteiger partial charge in [0, 0.05) is 5.71 Å². The number of ketones is 1. The molecule has 0 aromatic heterocycles. The second-order valence-electron chi connectivity index (χ2n) is 5.40. The third-order valence-corrected chi connectivity index (χ3v) is 3.82. The number of alkyl halides is 3. The summed E-state index contributed by atoms with van der Waals surface area (Å²) in [7, 11) is 1.16. The average molecular weight is 340 g/mol. The normalized spacial score (nSPS) is 20.9. The third-order valence-electron chi connectivity index (χ3n) is 3.82. The predicted octanol–water partition coefficient (Wildman–Crippen LogP) is 3.00. The first-order chi connectivity index (χ1) is 11.2. The van der Waals surface area contributed by atoms with Gasteiger partial charge in [0.25, 0.3) is 0 Å². The molecule has 0 spiro atoms. The fourth-order valence-electron chi connectivity index (χ4n) is 2.69. The summed E-state index contributed by atoms with van der Waals surface area (Å²) in [5, 5.41) is 7.62. The van der Waals surface area contributed by atoms with Crippen LogP contribution in [0.3, 0.4) is 0 Å². The maximum absolute atomic E-state index is 12.7. The number of nitrogens with zero attached hydrogens (tertiary/aromatic N) is 2. The first kappa shape index (κ1) is 17.8. The molecule has 0 bridgehead atoms. The lowest BCUT2D eigenvalue weighted by molar-refractivity contribution is -0.137. The number of carbonyl (C=O) groups excluding carboxylic acids is 2. The van der Waals surface area contributed by atoms with Crippen molar-refractivity contribution in [2.24, 2.45) is 16.1 Å². The molecule has 1 aromatic rings. The van der Waals surface area contributed by atoms with Crippen molar-refractivity contribution in [3.05, 3.63) is 35.4 Å². The Bertz CT molecular complexity index is 721. The number of rotatable bonds is 3. The molecular formula is C16H15F3N2O3. The van der Waals surface area contributed by atoms with Crippen molar-refractivity contribution in [1.29, 1.82) is 0 Å². The monoisotopic (exact) mass is 340 g/mol. The minimum absolute atomic E-state index is 0.108. The molecule has 8 heteroatoms. The van der Waals surface area contributed by atoms with Gasteiger partial charge >= 0.3 is 12.1 Å². The molecule has 0 amide bonds. The molecular weight excluding hydrogens is 325 g/mol. The Hall–Kier alpha value is -2.51. The SMILES string of the molecule is COC(=O)C1=NN=C(C)C(C(C)=O)C1c1ccc(C(F)(F)F)cc1. The van der Waals surface area contributed by atoms with Gasteiger partial charge in [-0.15, -0.1) is 5.10 Å². The fraction of sp³-hybridized carbons (Fsp3) is 0.375. The highest BCUT2D eigenvalue weighted by atomic mass is 19.4. The largest absolute Gasteiger partial charge is 0.464 e. The Balaban J connectivity index is 2.53. The summed E-state index contributed by atoms with van der Waals surface area (Å²) in [6, 6.07) is 4.28. The summed E-state index contributed by atoms with van der Waals surface area (Å²) in [5.74, 6) is -2.66. The van der Waals surface area contributed by atoms with Gasteiger partial charge < -0.3 is 4.74 Å². The number of Topliss-reactive ketones (excluding diaryl/α,β-unsaturated/α-hetero) is 1. The summed E-state index contributed by atoms with van der Waals surface area (Å²) >= 11 is 0. The van der Waals surface area contributed by atoms with E-state index in [1.807, 2.05) is 0 Å². The van der Waals surface area contributed by atoms with E-state index in [-0.39, 0.29) is 11.5 Å². The zero-order valence-corrected chi connectivity index (χ0v) is 13.2. The van der Waals surface area contributed by atoms with Crippen LogP contribution in [0.5, 0.6) is 0 Å². The van der Waals surface area contributed by atoms with Gasteiger partial charge in [-0.1, -0.05) is 12.1 Å². The molecule has 24 heavy (non-hydrogen) atoms. The zero-order valence-electron chi connectivity index (χ0n) is 13.2. The number of hydrogen-bond acceptors (Lipinski definition) is 5. The number of hydrogen-bond donors (Lipinski definition) is 0. The van der Waals surface area contributed by atoms with E-state index in [1.54, 1.807) is 6.92 Å². The molecule has 1 aromatic carbocycles. The van der Waals surface area contributed by atoms with E-state index in [1.165, 1.54) is 19.1 Å². The number of benzene rings is 1. The standard InChI is InChI=1S/C16H15F3N2O3/c1-8-12(9(2)22)13(14(21-20-8)15(23)24-3)10-4-6-11(7-5-10)16(17,18)19/h4-7,12-13H,1-3H3. The van der Waals surface area contributed by atoms with E-state index in [9.17, 15) is 22.8 Å². The van der Waals surface area contributed by atoms with Crippen LogP contribution in [0.4, 0.5) is 13.2 Å². The van der Waals surface area contributed by atoms with Crippen molar-refractivity contribution in [2.45, 2.75) is 25.9 Å². The Labute approximate surface area is 136 Å². The number of ether oxygens (including phenoxy) is 1. The Kier molecular flexibility index (Phi) is 4.86. The van der Waals surface area contributed by atoms with Crippen molar-refractivity contribution in [3.63, 3.8) is 0 Å². The Morgan fingerprint density at radius 2 is 1.71 bits per heavy atom. The van der Waals surface area contributed by atoms with Crippen molar-refractivity contribution in [3.8, 4) is 0 Å². The maximum atomic E-state index is 12.7. The highest BCUT2D eigenvalue weighted by molar-refractivity contribution is 6.40. The second-order valence-corrected chi connectivity index (χ2v) is 5.40. The number of halogens is 3. The van der Waals surface area contributed by atoms with Crippen LogP contribution in [0.2, 0.25) is 0 Å². The maximum Gasteiger partial charge on any atom is 0.416 e. The van der Waals surface area contributed by atoms with E-state index in [0.717, 1.165) is 19.2 Å². The van der Waals surface area contributed by atoms with Crippen molar-refractivity contribution >= 4 is 23.2 Å².